The van der Waals surface area contributed by atoms with Gasteiger partial charge >= 0.3 is 0 Å². The number of unbranched alkanes of at least 4 members (excludes halogenated alkanes) is 1. The fourth-order valence-electron chi connectivity index (χ4n) is 3.94. The molecule has 2 heterocycles. The Morgan fingerprint density at radius 3 is 2.25 bits per heavy atom. The number of nitrogens with one attached hydrogen (secondary N) is 2. The molecule has 1 aromatic carbocycles. The van der Waals surface area contributed by atoms with Crippen LogP contribution in [0.1, 0.15) is 37.7 Å². The fraction of sp³-hybridized carbons (Fsp3) is 0.619. The quantitative estimate of drug-likeness (QED) is 0.663. The largest absolute Gasteiger partial charge is 0.371 e. The van der Waals surface area contributed by atoms with Crippen molar-refractivity contribution in [2.45, 2.75) is 62.8 Å². The number of rotatable bonds is 8. The molecule has 2 amide bonds. The molecule has 7 heteroatoms. The third-order valence-electron chi connectivity index (χ3n) is 5.71. The van der Waals surface area contributed by atoms with Gasteiger partial charge in [-0.3, -0.25) is 9.59 Å². The minimum absolute atomic E-state index is 0.0116. The van der Waals surface area contributed by atoms with Crippen molar-refractivity contribution in [1.82, 2.24) is 10.6 Å². The molecule has 1 aromatic rings. The lowest BCUT2D eigenvalue weighted by molar-refractivity contribution is -0.123. The predicted molar refractivity (Wildman–Crippen MR) is 100 cm³/mol. The number of amides is 2. The van der Waals surface area contributed by atoms with E-state index in [2.05, 4.69) is 10.6 Å². The van der Waals surface area contributed by atoms with Gasteiger partial charge in [0.05, 0.1) is 25.3 Å². The van der Waals surface area contributed by atoms with Crippen LogP contribution in [-0.4, -0.2) is 49.3 Å². The standard InChI is InChI=1S/C21H27FN2O4/c22-15-9-5-13(6-10-15)3-1-2-4-18(25)23-16-11-27-20-17(12-28-19(16)20)24-21(26)14-7-8-14/h5-6,9-10,14,16-17,19-20H,1-4,7-8,11-12H2,(H,23,25)(H,24,26)/t16-,17-,19+,20+/m0/s1. The number of aryl methyl sites for hydroxylation is 1. The minimum Gasteiger partial charge on any atom is -0.371 e. The number of fused-ring (bicyclic) bond motifs is 1. The van der Waals surface area contributed by atoms with Crippen LogP contribution >= 0.6 is 0 Å². The smallest absolute Gasteiger partial charge is 0.223 e. The van der Waals surface area contributed by atoms with E-state index >= 15 is 0 Å². The highest BCUT2D eigenvalue weighted by molar-refractivity contribution is 5.81. The molecule has 1 aliphatic carbocycles. The highest BCUT2D eigenvalue weighted by Crippen LogP contribution is 2.31. The summed E-state index contributed by atoms with van der Waals surface area (Å²) in [5, 5.41) is 6.04. The van der Waals surface area contributed by atoms with E-state index in [4.69, 9.17) is 9.47 Å². The van der Waals surface area contributed by atoms with E-state index in [1.807, 2.05) is 0 Å². The zero-order valence-electron chi connectivity index (χ0n) is 15.9. The van der Waals surface area contributed by atoms with E-state index in [-0.39, 0.29) is 47.8 Å². The highest BCUT2D eigenvalue weighted by atomic mass is 19.1. The molecule has 3 aliphatic rings. The van der Waals surface area contributed by atoms with Gasteiger partial charge in [-0.15, -0.1) is 0 Å². The summed E-state index contributed by atoms with van der Waals surface area (Å²) in [7, 11) is 0. The lowest BCUT2D eigenvalue weighted by Crippen LogP contribution is -2.47. The first-order chi connectivity index (χ1) is 13.6. The Kier molecular flexibility index (Phi) is 5.92. The van der Waals surface area contributed by atoms with Crippen LogP contribution in [0.4, 0.5) is 4.39 Å². The molecule has 1 saturated carbocycles. The SMILES string of the molecule is O=C(CCCCc1ccc(F)cc1)N[C@H]1CO[C@H]2[C@@H]1OC[C@@H]2NC(=O)C1CC1. The van der Waals surface area contributed by atoms with Gasteiger partial charge < -0.3 is 20.1 Å². The van der Waals surface area contributed by atoms with Crippen LogP contribution in [0.2, 0.25) is 0 Å². The zero-order chi connectivity index (χ0) is 19.5. The van der Waals surface area contributed by atoms with Gasteiger partial charge in [-0.1, -0.05) is 12.1 Å². The Balaban J connectivity index is 1.16. The number of halogens is 1. The van der Waals surface area contributed by atoms with E-state index in [0.717, 1.165) is 37.7 Å². The second-order valence-corrected chi connectivity index (χ2v) is 7.99. The molecule has 4 atom stereocenters. The summed E-state index contributed by atoms with van der Waals surface area (Å²) in [5.41, 5.74) is 1.08. The van der Waals surface area contributed by atoms with Gasteiger partial charge in [0.2, 0.25) is 11.8 Å². The predicted octanol–water partition coefficient (Wildman–Crippen LogP) is 1.72. The second-order valence-electron chi connectivity index (χ2n) is 7.99. The Bertz CT molecular complexity index is 707. The molecule has 3 fully saturated rings. The average Bonchev–Trinajstić information content (AvgIpc) is 3.36. The van der Waals surface area contributed by atoms with Crippen molar-refractivity contribution in [1.29, 1.82) is 0 Å². The van der Waals surface area contributed by atoms with E-state index in [9.17, 15) is 14.0 Å². The van der Waals surface area contributed by atoms with Gasteiger partial charge in [0, 0.05) is 12.3 Å². The van der Waals surface area contributed by atoms with Gasteiger partial charge in [0.15, 0.2) is 0 Å². The summed E-state index contributed by atoms with van der Waals surface area (Å²) in [6.07, 6.45) is 4.46. The van der Waals surface area contributed by atoms with Gasteiger partial charge in [-0.2, -0.15) is 0 Å². The maximum atomic E-state index is 12.9. The lowest BCUT2D eigenvalue weighted by atomic mass is 10.0. The average molecular weight is 390 g/mol. The van der Waals surface area contributed by atoms with E-state index < -0.39 is 0 Å². The lowest BCUT2D eigenvalue weighted by Gasteiger charge is -2.18. The van der Waals surface area contributed by atoms with Gasteiger partial charge in [0.1, 0.15) is 18.0 Å². The molecule has 4 rings (SSSR count). The summed E-state index contributed by atoms with van der Waals surface area (Å²) < 4.78 is 24.5. The monoisotopic (exact) mass is 390 g/mol. The Morgan fingerprint density at radius 2 is 1.61 bits per heavy atom. The number of ether oxygens (including phenoxy) is 2. The zero-order valence-corrected chi connectivity index (χ0v) is 15.9. The van der Waals surface area contributed by atoms with Crippen molar-refractivity contribution in [2.24, 2.45) is 5.92 Å². The molecule has 2 N–H and O–H groups in total. The maximum Gasteiger partial charge on any atom is 0.223 e. The van der Waals surface area contributed by atoms with Crippen LogP contribution in [0.3, 0.4) is 0 Å². The Hall–Kier alpha value is -1.99. The van der Waals surface area contributed by atoms with Gasteiger partial charge in [0.25, 0.3) is 0 Å². The summed E-state index contributed by atoms with van der Waals surface area (Å²) in [6, 6.07) is 6.18. The molecular formula is C21H27FN2O4. The van der Waals surface area contributed by atoms with Crippen LogP contribution < -0.4 is 10.6 Å². The van der Waals surface area contributed by atoms with E-state index in [0.29, 0.717) is 19.6 Å². The summed E-state index contributed by atoms with van der Waals surface area (Å²) in [4.78, 5) is 24.2. The van der Waals surface area contributed by atoms with Crippen LogP contribution in [0, 0.1) is 11.7 Å². The third-order valence-corrected chi connectivity index (χ3v) is 5.71. The van der Waals surface area contributed by atoms with Crippen molar-refractivity contribution in [3.05, 3.63) is 35.6 Å². The number of hydrogen-bond acceptors (Lipinski definition) is 4. The molecular weight excluding hydrogens is 363 g/mol. The number of benzene rings is 1. The van der Waals surface area contributed by atoms with Crippen LogP contribution in [-0.2, 0) is 25.5 Å². The van der Waals surface area contributed by atoms with Gasteiger partial charge in [-0.05, 0) is 49.8 Å². The second kappa shape index (κ2) is 8.57. The highest BCUT2D eigenvalue weighted by Gasteiger charge is 2.49. The van der Waals surface area contributed by atoms with Crippen molar-refractivity contribution in [3.8, 4) is 0 Å². The van der Waals surface area contributed by atoms with E-state index in [1.165, 1.54) is 12.1 Å². The molecule has 0 radical (unpaired) electrons. The number of carbonyl (C=O) groups excluding carboxylic acids is 2. The van der Waals surface area contributed by atoms with Crippen molar-refractivity contribution in [2.75, 3.05) is 13.2 Å². The third kappa shape index (κ3) is 4.70. The molecule has 28 heavy (non-hydrogen) atoms. The van der Waals surface area contributed by atoms with Crippen molar-refractivity contribution in [3.63, 3.8) is 0 Å². The molecule has 0 spiro atoms. The molecule has 0 bridgehead atoms. The fourth-order valence-corrected chi connectivity index (χ4v) is 3.94. The Morgan fingerprint density at radius 1 is 0.964 bits per heavy atom. The molecule has 2 aliphatic heterocycles. The van der Waals surface area contributed by atoms with Crippen LogP contribution in [0.5, 0.6) is 0 Å². The molecule has 152 valence electrons. The number of carbonyl (C=O) groups is 2. The minimum atomic E-state index is -0.233. The first kappa shape index (κ1) is 19.3. The van der Waals surface area contributed by atoms with Crippen molar-refractivity contribution < 1.29 is 23.5 Å². The molecule has 2 saturated heterocycles. The summed E-state index contributed by atoms with van der Waals surface area (Å²) in [5.74, 6) is 0.00321. The summed E-state index contributed by atoms with van der Waals surface area (Å²) in [6.45, 7) is 0.838. The summed E-state index contributed by atoms with van der Waals surface area (Å²) >= 11 is 0. The van der Waals surface area contributed by atoms with Gasteiger partial charge in [-0.25, -0.2) is 4.39 Å². The molecule has 6 nitrogen and oxygen atoms in total. The number of hydrogen-bond donors (Lipinski definition) is 2. The molecule has 0 unspecified atom stereocenters. The normalized spacial score (nSPS) is 28.8. The Labute approximate surface area is 164 Å². The van der Waals surface area contributed by atoms with E-state index in [1.54, 1.807) is 12.1 Å². The first-order valence-corrected chi connectivity index (χ1v) is 10.2. The van der Waals surface area contributed by atoms with Crippen molar-refractivity contribution >= 4 is 11.8 Å². The first-order valence-electron chi connectivity index (χ1n) is 10.2. The van der Waals surface area contributed by atoms with Crippen LogP contribution in [0.25, 0.3) is 0 Å². The molecule has 0 aromatic heterocycles. The topological polar surface area (TPSA) is 76.7 Å². The van der Waals surface area contributed by atoms with Crippen LogP contribution in [0.15, 0.2) is 24.3 Å². The maximum absolute atomic E-state index is 12.9.